The molecule has 1 aromatic carbocycles. The van der Waals surface area contributed by atoms with Gasteiger partial charge in [-0.3, -0.25) is 0 Å². The van der Waals surface area contributed by atoms with E-state index in [2.05, 4.69) is 13.8 Å². The molecule has 1 aromatic rings. The number of rotatable bonds is 4. The van der Waals surface area contributed by atoms with E-state index >= 15 is 0 Å². The van der Waals surface area contributed by atoms with Crippen molar-refractivity contribution in [1.82, 2.24) is 0 Å². The van der Waals surface area contributed by atoms with Crippen LogP contribution in [0.1, 0.15) is 37.0 Å². The fourth-order valence-electron chi connectivity index (χ4n) is 4.10. The monoisotopic (exact) mass is 510 g/mol. The average Bonchev–Trinajstić information content (AvgIpc) is 2.70. The van der Waals surface area contributed by atoms with Crippen LogP contribution >= 0.6 is 8.25 Å². The van der Waals surface area contributed by atoms with Crippen molar-refractivity contribution >= 4 is 14.2 Å². The van der Waals surface area contributed by atoms with Gasteiger partial charge in [0.25, 0.3) is 0 Å². The molecule has 0 spiro atoms. The van der Waals surface area contributed by atoms with Crippen molar-refractivity contribution in [3.63, 3.8) is 0 Å². The Morgan fingerprint density at radius 3 is 2.82 bits per heavy atom. The van der Waals surface area contributed by atoms with Crippen LogP contribution in [0, 0.1) is 11.3 Å². The molecule has 4 unspecified atom stereocenters. The Morgan fingerprint density at radius 2 is 2.14 bits per heavy atom. The summed E-state index contributed by atoms with van der Waals surface area (Å²) in [7, 11) is 6.39. The third-order valence-corrected chi connectivity index (χ3v) is 15.7. The molecule has 116 valence electrons. The van der Waals surface area contributed by atoms with E-state index in [0.29, 0.717) is 15.6 Å². The summed E-state index contributed by atoms with van der Waals surface area (Å²) in [5.41, 5.74) is 0.533. The number of hydrogen-bond donors (Lipinski definition) is 0. The average molecular weight is 509 g/mol. The molecule has 2 fully saturated rings. The van der Waals surface area contributed by atoms with Gasteiger partial charge in [-0.05, 0) is 0 Å². The predicted octanol–water partition coefficient (Wildman–Crippen LogP) is 4.07. The molecule has 2 bridgehead atoms. The van der Waals surface area contributed by atoms with E-state index in [-0.39, 0.29) is 22.9 Å². The molecule has 1 heterocycles. The summed E-state index contributed by atoms with van der Waals surface area (Å²) in [6.07, 6.45) is 2.22. The van der Waals surface area contributed by atoms with Crippen LogP contribution in [0.15, 0.2) is 30.3 Å². The van der Waals surface area contributed by atoms with Crippen LogP contribution in [-0.4, -0.2) is 24.8 Å². The quantitative estimate of drug-likeness (QED) is 0.454. The fourth-order valence-corrected chi connectivity index (χ4v) is 12.9. The molecule has 0 aromatic heterocycles. The van der Waals surface area contributed by atoms with Gasteiger partial charge in [0.2, 0.25) is 0 Å². The minimum atomic E-state index is -1.36. The van der Waals surface area contributed by atoms with Crippen molar-refractivity contribution < 1.29 is 37.6 Å². The number of carbonyl (C=O) groups excluding carboxylic acids is 1. The molecular formula is C17H21ClHgO3. The Bertz CT molecular complexity index is 552. The van der Waals surface area contributed by atoms with Gasteiger partial charge in [0.05, 0.1) is 0 Å². The first-order chi connectivity index (χ1) is 10.5. The number of benzene rings is 1. The summed E-state index contributed by atoms with van der Waals surface area (Å²) in [6, 6.07) is 9.18. The van der Waals surface area contributed by atoms with E-state index in [1.807, 2.05) is 18.2 Å². The second kappa shape index (κ2) is 6.41. The molecule has 1 aliphatic carbocycles. The van der Waals surface area contributed by atoms with Gasteiger partial charge in [0.15, 0.2) is 0 Å². The van der Waals surface area contributed by atoms with Gasteiger partial charge in [0, 0.05) is 0 Å². The van der Waals surface area contributed by atoms with Crippen LogP contribution in [0.3, 0.4) is 0 Å². The third-order valence-electron chi connectivity index (χ3n) is 5.74. The Morgan fingerprint density at radius 1 is 1.41 bits per heavy atom. The molecule has 0 amide bonds. The zero-order chi connectivity index (χ0) is 15.8. The Balaban J connectivity index is 1.72. The first-order valence-corrected chi connectivity index (χ1v) is 17.9. The number of carbonyl (C=O) groups is 1. The van der Waals surface area contributed by atoms with Crippen molar-refractivity contribution in [3.05, 3.63) is 35.9 Å². The van der Waals surface area contributed by atoms with E-state index in [1.54, 1.807) is 12.1 Å². The number of halogens is 1. The van der Waals surface area contributed by atoms with Gasteiger partial charge < -0.3 is 0 Å². The molecule has 22 heavy (non-hydrogen) atoms. The first-order valence-electron chi connectivity index (χ1n) is 7.92. The van der Waals surface area contributed by atoms with Crippen molar-refractivity contribution in [2.45, 2.75) is 35.7 Å². The second-order valence-corrected chi connectivity index (χ2v) is 14.8. The Labute approximate surface area is 147 Å². The minimum absolute atomic E-state index is 0.0905. The van der Waals surface area contributed by atoms with Crippen LogP contribution in [-0.2, 0) is 32.8 Å². The van der Waals surface area contributed by atoms with Gasteiger partial charge in [-0.25, -0.2) is 0 Å². The molecule has 4 atom stereocenters. The molecule has 2 aliphatic rings. The van der Waals surface area contributed by atoms with E-state index in [4.69, 9.17) is 17.7 Å². The fraction of sp³-hybridized carbons (Fsp3) is 0.588. The van der Waals surface area contributed by atoms with E-state index in [1.165, 1.54) is 6.42 Å². The third kappa shape index (κ3) is 2.85. The van der Waals surface area contributed by atoms with E-state index in [0.717, 1.165) is 13.0 Å². The standard InChI is InChI=1S/C17H21O3.ClH.Hg/c1-16-9-6-10-17(2,20-12-16)14(16)11-19-15(18)13-7-4-3-5-8-13;;/h3-5,7-9,14H,6,10-12H2,1-2H3;1H;/q;;+1/p-1. The maximum atomic E-state index is 12.2. The number of fused-ring (bicyclic) bond motifs is 2. The van der Waals surface area contributed by atoms with Crippen LogP contribution < -0.4 is 0 Å². The zero-order valence-electron chi connectivity index (χ0n) is 13.2. The SMILES string of the molecule is CC12CC[CH]([Hg][Cl])C(C)(CO1)C2COC(=O)c1ccccc1. The van der Waals surface area contributed by atoms with Crippen molar-refractivity contribution in [3.8, 4) is 0 Å². The summed E-state index contributed by atoms with van der Waals surface area (Å²) in [6.45, 7) is 5.64. The first kappa shape index (κ1) is 16.7. The molecule has 3 rings (SSSR count). The van der Waals surface area contributed by atoms with E-state index < -0.39 is 23.3 Å². The van der Waals surface area contributed by atoms with Gasteiger partial charge in [-0.2, -0.15) is 0 Å². The van der Waals surface area contributed by atoms with Crippen molar-refractivity contribution in [2.24, 2.45) is 11.3 Å². The molecular weight excluding hydrogens is 488 g/mol. The maximum absolute atomic E-state index is 12.2. The molecule has 3 nitrogen and oxygen atoms in total. The summed E-state index contributed by atoms with van der Waals surface area (Å²) in [4.78, 5) is 12.2. The summed E-state index contributed by atoms with van der Waals surface area (Å²) >= 11 is -1.36. The van der Waals surface area contributed by atoms with Crippen LogP contribution in [0.5, 0.6) is 0 Å². The van der Waals surface area contributed by atoms with Crippen LogP contribution in [0.25, 0.3) is 0 Å². The summed E-state index contributed by atoms with van der Waals surface area (Å²) in [5.74, 6) is 0.00921. The summed E-state index contributed by atoms with van der Waals surface area (Å²) < 4.78 is 12.4. The normalized spacial score (nSPS) is 36.7. The second-order valence-electron chi connectivity index (χ2n) is 7.01. The van der Waals surface area contributed by atoms with Gasteiger partial charge >= 0.3 is 148 Å². The number of esters is 1. The Hall–Kier alpha value is -0.125. The zero-order valence-corrected chi connectivity index (χ0v) is 19.4. The van der Waals surface area contributed by atoms with Crippen molar-refractivity contribution in [1.29, 1.82) is 0 Å². The number of hydrogen-bond acceptors (Lipinski definition) is 3. The van der Waals surface area contributed by atoms with Gasteiger partial charge in [-0.15, -0.1) is 0 Å². The van der Waals surface area contributed by atoms with E-state index in [9.17, 15) is 4.79 Å². The molecule has 0 radical (unpaired) electrons. The van der Waals surface area contributed by atoms with Crippen LogP contribution in [0.4, 0.5) is 0 Å². The van der Waals surface area contributed by atoms with Gasteiger partial charge in [0.1, 0.15) is 0 Å². The molecule has 1 aliphatic heterocycles. The molecule has 0 N–H and O–H groups in total. The predicted molar refractivity (Wildman–Crippen MR) is 81.5 cm³/mol. The topological polar surface area (TPSA) is 35.5 Å². The number of ether oxygens (including phenoxy) is 2. The van der Waals surface area contributed by atoms with Crippen LogP contribution in [0.2, 0.25) is 3.43 Å². The molecule has 1 saturated carbocycles. The summed E-state index contributed by atoms with van der Waals surface area (Å²) in [5, 5.41) is 0. The van der Waals surface area contributed by atoms with Gasteiger partial charge in [-0.1, -0.05) is 0 Å². The molecule has 1 saturated heterocycles. The molecule has 5 heteroatoms. The van der Waals surface area contributed by atoms with Crippen molar-refractivity contribution in [2.75, 3.05) is 13.2 Å². The Kier molecular flexibility index (Phi) is 4.87.